The molecule has 16 heavy (non-hydrogen) atoms. The van der Waals surface area contributed by atoms with Crippen LogP contribution in [-0.4, -0.2) is 13.2 Å². The molecule has 0 saturated carbocycles. The van der Waals surface area contributed by atoms with Crippen LogP contribution in [0.3, 0.4) is 0 Å². The summed E-state index contributed by atoms with van der Waals surface area (Å²) in [4.78, 5) is 0. The predicted molar refractivity (Wildman–Crippen MR) is 68.8 cm³/mol. The number of rotatable bonds is 7. The Hall–Kier alpha value is -1.28. The first-order chi connectivity index (χ1) is 7.77. The van der Waals surface area contributed by atoms with Crippen molar-refractivity contribution in [3.8, 4) is 5.75 Å². The molecule has 1 rings (SSSR count). The van der Waals surface area contributed by atoms with Gasteiger partial charge in [-0.05, 0) is 37.6 Å². The zero-order valence-corrected chi connectivity index (χ0v) is 10.2. The standard InChI is InChI=1S/C14H21NO/c1-4-6-10-16-14-9-7-8-13(11-14)12(3)15-5-2/h4,7-9,11-12,15H,1,5-6,10H2,2-3H3. The van der Waals surface area contributed by atoms with Crippen LogP contribution >= 0.6 is 0 Å². The molecular weight excluding hydrogens is 198 g/mol. The summed E-state index contributed by atoms with van der Waals surface area (Å²) >= 11 is 0. The Morgan fingerprint density at radius 3 is 3.00 bits per heavy atom. The van der Waals surface area contributed by atoms with E-state index in [0.717, 1.165) is 18.7 Å². The van der Waals surface area contributed by atoms with Gasteiger partial charge in [-0.25, -0.2) is 0 Å². The largest absolute Gasteiger partial charge is 0.493 e. The number of hydrogen-bond acceptors (Lipinski definition) is 2. The highest BCUT2D eigenvalue weighted by atomic mass is 16.5. The van der Waals surface area contributed by atoms with Crippen LogP contribution in [0.4, 0.5) is 0 Å². The van der Waals surface area contributed by atoms with E-state index in [1.807, 2.05) is 18.2 Å². The van der Waals surface area contributed by atoms with E-state index in [0.29, 0.717) is 12.6 Å². The molecule has 1 atom stereocenters. The highest BCUT2D eigenvalue weighted by Crippen LogP contribution is 2.19. The molecule has 1 aromatic rings. The van der Waals surface area contributed by atoms with E-state index in [1.165, 1.54) is 5.56 Å². The molecule has 0 aliphatic rings. The third kappa shape index (κ3) is 4.07. The van der Waals surface area contributed by atoms with Gasteiger partial charge in [0.25, 0.3) is 0 Å². The van der Waals surface area contributed by atoms with Crippen LogP contribution in [0.2, 0.25) is 0 Å². The van der Waals surface area contributed by atoms with Crippen molar-refractivity contribution in [3.05, 3.63) is 42.5 Å². The molecule has 0 spiro atoms. The SMILES string of the molecule is C=CCCOc1cccc(C(C)NCC)c1. The van der Waals surface area contributed by atoms with Gasteiger partial charge in [0.15, 0.2) is 0 Å². The third-order valence-corrected chi connectivity index (χ3v) is 2.46. The van der Waals surface area contributed by atoms with E-state index in [2.05, 4.69) is 37.9 Å². The number of benzene rings is 1. The maximum atomic E-state index is 5.62. The highest BCUT2D eigenvalue weighted by molar-refractivity contribution is 5.30. The molecule has 0 bridgehead atoms. The molecule has 1 aromatic carbocycles. The molecule has 1 unspecified atom stereocenters. The summed E-state index contributed by atoms with van der Waals surface area (Å²) in [7, 11) is 0. The molecular formula is C14H21NO. The van der Waals surface area contributed by atoms with Crippen LogP contribution in [0.5, 0.6) is 5.75 Å². The lowest BCUT2D eigenvalue weighted by atomic mass is 10.1. The van der Waals surface area contributed by atoms with Crippen LogP contribution < -0.4 is 10.1 Å². The predicted octanol–water partition coefficient (Wildman–Crippen LogP) is 3.31. The normalized spacial score (nSPS) is 12.1. The van der Waals surface area contributed by atoms with Crippen molar-refractivity contribution in [1.29, 1.82) is 0 Å². The fourth-order valence-corrected chi connectivity index (χ4v) is 1.56. The Morgan fingerprint density at radius 1 is 1.50 bits per heavy atom. The van der Waals surface area contributed by atoms with Gasteiger partial charge in [-0.15, -0.1) is 6.58 Å². The van der Waals surface area contributed by atoms with Crippen LogP contribution in [-0.2, 0) is 0 Å². The fourth-order valence-electron chi connectivity index (χ4n) is 1.56. The maximum Gasteiger partial charge on any atom is 0.119 e. The number of ether oxygens (including phenoxy) is 1. The lowest BCUT2D eigenvalue weighted by Gasteiger charge is -2.14. The van der Waals surface area contributed by atoms with Crippen molar-refractivity contribution in [1.82, 2.24) is 5.32 Å². The Labute approximate surface area is 98.3 Å². The summed E-state index contributed by atoms with van der Waals surface area (Å²) in [5, 5.41) is 3.38. The highest BCUT2D eigenvalue weighted by Gasteiger charge is 2.04. The molecule has 2 nitrogen and oxygen atoms in total. The Balaban J connectivity index is 2.59. The molecule has 0 aliphatic heterocycles. The van der Waals surface area contributed by atoms with Crippen LogP contribution in [0.1, 0.15) is 31.9 Å². The summed E-state index contributed by atoms with van der Waals surface area (Å²) in [5.41, 5.74) is 1.26. The minimum atomic E-state index is 0.368. The monoisotopic (exact) mass is 219 g/mol. The van der Waals surface area contributed by atoms with E-state index < -0.39 is 0 Å². The minimum Gasteiger partial charge on any atom is -0.493 e. The van der Waals surface area contributed by atoms with Crippen molar-refractivity contribution in [2.45, 2.75) is 26.3 Å². The average molecular weight is 219 g/mol. The maximum absolute atomic E-state index is 5.62. The summed E-state index contributed by atoms with van der Waals surface area (Å²) in [6, 6.07) is 8.61. The number of hydrogen-bond donors (Lipinski definition) is 1. The van der Waals surface area contributed by atoms with Gasteiger partial charge in [-0.1, -0.05) is 25.1 Å². The van der Waals surface area contributed by atoms with Gasteiger partial charge in [-0.3, -0.25) is 0 Å². The Bertz CT molecular complexity index is 322. The minimum absolute atomic E-state index is 0.368. The second-order valence-corrected chi connectivity index (χ2v) is 3.78. The van der Waals surface area contributed by atoms with Crippen LogP contribution in [0.25, 0.3) is 0 Å². The van der Waals surface area contributed by atoms with Crippen molar-refractivity contribution < 1.29 is 4.74 Å². The zero-order valence-electron chi connectivity index (χ0n) is 10.2. The molecule has 0 fully saturated rings. The summed E-state index contributed by atoms with van der Waals surface area (Å²) in [6.07, 6.45) is 2.75. The van der Waals surface area contributed by atoms with Crippen molar-refractivity contribution >= 4 is 0 Å². The van der Waals surface area contributed by atoms with Crippen LogP contribution in [0, 0.1) is 0 Å². The molecule has 88 valence electrons. The van der Waals surface area contributed by atoms with Crippen LogP contribution in [0.15, 0.2) is 36.9 Å². The molecule has 0 heterocycles. The fraction of sp³-hybridized carbons (Fsp3) is 0.429. The number of nitrogens with one attached hydrogen (secondary N) is 1. The second-order valence-electron chi connectivity index (χ2n) is 3.78. The lowest BCUT2D eigenvalue weighted by molar-refractivity contribution is 0.324. The first-order valence-electron chi connectivity index (χ1n) is 5.85. The molecule has 0 aliphatic carbocycles. The lowest BCUT2D eigenvalue weighted by Crippen LogP contribution is -2.17. The van der Waals surface area contributed by atoms with Gasteiger partial charge in [-0.2, -0.15) is 0 Å². The van der Waals surface area contributed by atoms with E-state index in [9.17, 15) is 0 Å². The summed E-state index contributed by atoms with van der Waals surface area (Å²) in [5.74, 6) is 0.934. The first kappa shape index (κ1) is 12.8. The van der Waals surface area contributed by atoms with E-state index in [4.69, 9.17) is 4.74 Å². The van der Waals surface area contributed by atoms with E-state index in [-0.39, 0.29) is 0 Å². The Kier molecular flexibility index (Phi) is 5.65. The van der Waals surface area contributed by atoms with Gasteiger partial charge >= 0.3 is 0 Å². The Morgan fingerprint density at radius 2 is 2.31 bits per heavy atom. The first-order valence-corrected chi connectivity index (χ1v) is 5.85. The van der Waals surface area contributed by atoms with E-state index >= 15 is 0 Å². The molecule has 0 amide bonds. The third-order valence-electron chi connectivity index (χ3n) is 2.46. The van der Waals surface area contributed by atoms with Gasteiger partial charge in [0.2, 0.25) is 0 Å². The molecule has 2 heteroatoms. The van der Waals surface area contributed by atoms with Crippen molar-refractivity contribution in [2.24, 2.45) is 0 Å². The van der Waals surface area contributed by atoms with E-state index in [1.54, 1.807) is 0 Å². The summed E-state index contributed by atoms with van der Waals surface area (Å²) < 4.78 is 5.62. The molecule has 0 aromatic heterocycles. The van der Waals surface area contributed by atoms with Crippen molar-refractivity contribution in [2.75, 3.05) is 13.2 Å². The van der Waals surface area contributed by atoms with Crippen molar-refractivity contribution in [3.63, 3.8) is 0 Å². The quantitative estimate of drug-likeness (QED) is 0.561. The summed E-state index contributed by atoms with van der Waals surface area (Å²) in [6.45, 7) is 9.61. The molecule has 0 saturated heterocycles. The second kappa shape index (κ2) is 7.07. The average Bonchev–Trinajstić information content (AvgIpc) is 2.30. The smallest absolute Gasteiger partial charge is 0.119 e. The van der Waals surface area contributed by atoms with Gasteiger partial charge in [0.1, 0.15) is 5.75 Å². The molecule has 1 N–H and O–H groups in total. The molecule has 0 radical (unpaired) electrons. The van der Waals surface area contributed by atoms with Gasteiger partial charge in [0.05, 0.1) is 6.61 Å². The van der Waals surface area contributed by atoms with Gasteiger partial charge in [0, 0.05) is 6.04 Å². The topological polar surface area (TPSA) is 21.3 Å². The van der Waals surface area contributed by atoms with Gasteiger partial charge < -0.3 is 10.1 Å². The zero-order chi connectivity index (χ0) is 11.8.